The van der Waals surface area contributed by atoms with Crippen LogP contribution < -0.4 is 9.62 Å². The van der Waals surface area contributed by atoms with Crippen molar-refractivity contribution < 1.29 is 31.2 Å². The second-order valence-electron chi connectivity index (χ2n) is 11.0. The van der Waals surface area contributed by atoms with Gasteiger partial charge in [-0.1, -0.05) is 83.9 Å². The molecule has 0 aliphatic carbocycles. The fraction of sp³-hybridized carbons (Fsp3) is 0.235. The van der Waals surface area contributed by atoms with Gasteiger partial charge in [0.05, 0.1) is 16.1 Å². The molecule has 1 N–H and O–H groups in total. The molecule has 13 heteroatoms. The van der Waals surface area contributed by atoms with E-state index >= 15 is 0 Å². The van der Waals surface area contributed by atoms with Crippen LogP contribution in [0.2, 0.25) is 10.0 Å². The summed E-state index contributed by atoms with van der Waals surface area (Å²) in [5, 5.41) is 3.22. The van der Waals surface area contributed by atoms with E-state index < -0.39 is 46.2 Å². The Bertz CT molecular complexity index is 1790. The zero-order valence-electron chi connectivity index (χ0n) is 25.4. The van der Waals surface area contributed by atoms with Gasteiger partial charge in [0.1, 0.15) is 12.6 Å². The fourth-order valence-corrected chi connectivity index (χ4v) is 6.82. The molecule has 0 aliphatic heterocycles. The highest BCUT2D eigenvalue weighted by Crippen LogP contribution is 2.34. The number of sulfonamides is 1. The van der Waals surface area contributed by atoms with Crippen LogP contribution in [0.5, 0.6) is 0 Å². The van der Waals surface area contributed by atoms with Gasteiger partial charge in [0.25, 0.3) is 10.0 Å². The minimum Gasteiger partial charge on any atom is -0.352 e. The average molecular weight is 707 g/mol. The van der Waals surface area contributed by atoms with E-state index in [0.717, 1.165) is 12.1 Å². The summed E-state index contributed by atoms with van der Waals surface area (Å²) in [5.41, 5.74) is -0.491. The zero-order valence-corrected chi connectivity index (χ0v) is 27.7. The molecule has 248 valence electrons. The van der Waals surface area contributed by atoms with Gasteiger partial charge in [-0.2, -0.15) is 13.2 Å². The van der Waals surface area contributed by atoms with Crippen molar-refractivity contribution in [2.75, 3.05) is 10.8 Å². The molecule has 0 radical (unpaired) electrons. The van der Waals surface area contributed by atoms with Crippen molar-refractivity contribution in [3.63, 3.8) is 0 Å². The molecule has 0 fully saturated rings. The first-order chi connectivity index (χ1) is 22.2. The molecular formula is C34H32Cl2F3N3O4S. The molecule has 2 amide bonds. The van der Waals surface area contributed by atoms with Gasteiger partial charge in [-0.3, -0.25) is 13.9 Å². The summed E-state index contributed by atoms with van der Waals surface area (Å²) in [7, 11) is -4.59. The average Bonchev–Trinajstić information content (AvgIpc) is 3.02. The van der Waals surface area contributed by atoms with Crippen molar-refractivity contribution in [3.05, 3.63) is 130 Å². The first-order valence-electron chi connectivity index (χ1n) is 14.5. The van der Waals surface area contributed by atoms with Crippen LogP contribution >= 0.6 is 23.2 Å². The van der Waals surface area contributed by atoms with E-state index in [1.165, 1.54) is 35.2 Å². The molecule has 4 aromatic carbocycles. The molecular weight excluding hydrogens is 674 g/mol. The number of hydrogen-bond donors (Lipinski definition) is 1. The van der Waals surface area contributed by atoms with E-state index in [2.05, 4.69) is 5.32 Å². The van der Waals surface area contributed by atoms with Crippen LogP contribution in [0.15, 0.2) is 108 Å². The molecule has 1 atom stereocenters. The van der Waals surface area contributed by atoms with Crippen molar-refractivity contribution >= 4 is 50.7 Å². The van der Waals surface area contributed by atoms with Crippen LogP contribution in [0.3, 0.4) is 0 Å². The van der Waals surface area contributed by atoms with Crippen LogP contribution in [0, 0.1) is 0 Å². The minimum atomic E-state index is -4.79. The third-order valence-corrected chi connectivity index (χ3v) is 9.66. The number of rotatable bonds is 12. The number of halogens is 5. The van der Waals surface area contributed by atoms with Crippen LogP contribution in [0.1, 0.15) is 30.5 Å². The number of benzene rings is 4. The highest BCUT2D eigenvalue weighted by atomic mass is 35.5. The van der Waals surface area contributed by atoms with Crippen molar-refractivity contribution in [1.29, 1.82) is 0 Å². The lowest BCUT2D eigenvalue weighted by molar-refractivity contribution is -0.140. The second-order valence-corrected chi connectivity index (χ2v) is 13.6. The van der Waals surface area contributed by atoms with Crippen LogP contribution in [-0.4, -0.2) is 43.8 Å². The van der Waals surface area contributed by atoms with Crippen molar-refractivity contribution in [1.82, 2.24) is 10.2 Å². The third-order valence-electron chi connectivity index (χ3n) is 7.16. The summed E-state index contributed by atoms with van der Waals surface area (Å²) in [5.74, 6) is -1.41. The summed E-state index contributed by atoms with van der Waals surface area (Å²) >= 11 is 13.0. The number of carbonyl (C=O) groups excluding carboxylic acids is 2. The molecule has 0 aliphatic rings. The molecule has 0 saturated heterocycles. The molecule has 0 unspecified atom stereocenters. The van der Waals surface area contributed by atoms with E-state index in [1.54, 1.807) is 68.4 Å². The van der Waals surface area contributed by atoms with E-state index in [-0.39, 0.29) is 39.6 Å². The number of carbonyl (C=O) groups is 2. The maximum atomic E-state index is 14.5. The number of nitrogens with one attached hydrogen (secondary N) is 1. The molecule has 0 spiro atoms. The Kier molecular flexibility index (Phi) is 11.6. The lowest BCUT2D eigenvalue weighted by Gasteiger charge is -2.34. The summed E-state index contributed by atoms with van der Waals surface area (Å²) in [6, 6.07) is 22.8. The number of alkyl halides is 3. The molecule has 7 nitrogen and oxygen atoms in total. The Morgan fingerprint density at radius 3 is 1.98 bits per heavy atom. The quantitative estimate of drug-likeness (QED) is 0.167. The van der Waals surface area contributed by atoms with Crippen molar-refractivity contribution in [2.24, 2.45) is 0 Å². The summed E-state index contributed by atoms with van der Waals surface area (Å²) in [6.07, 6.45) is -4.76. The van der Waals surface area contributed by atoms with Crippen LogP contribution in [-0.2, 0) is 38.8 Å². The van der Waals surface area contributed by atoms with E-state index in [0.29, 0.717) is 21.5 Å². The summed E-state index contributed by atoms with van der Waals surface area (Å²) < 4.78 is 69.9. The van der Waals surface area contributed by atoms with Gasteiger partial charge in [-0.25, -0.2) is 8.42 Å². The largest absolute Gasteiger partial charge is 0.416 e. The highest BCUT2D eigenvalue weighted by molar-refractivity contribution is 7.92. The Labute approximate surface area is 282 Å². The maximum absolute atomic E-state index is 14.5. The Balaban J connectivity index is 1.87. The summed E-state index contributed by atoms with van der Waals surface area (Å²) in [4.78, 5) is 29.2. The van der Waals surface area contributed by atoms with Gasteiger partial charge in [0.15, 0.2) is 0 Å². The molecule has 4 aromatic rings. The zero-order chi connectivity index (χ0) is 34.4. The SMILES string of the molecule is CC(C)NC(=O)[C@H](Cc1ccccc1)N(Cc1c(Cl)cccc1Cl)C(=O)CN(c1cccc(C(F)(F)F)c1)S(=O)(=O)c1ccccc1. The normalized spacial score (nSPS) is 12.4. The standard InChI is InChI=1S/C34H32Cl2F3N3O4S/c1-23(2)40-33(44)31(19-24-11-5-3-6-12-24)41(21-28-29(35)17-10-18-30(28)36)32(43)22-42(47(45,46)27-15-7-4-8-16-27)26-14-9-13-25(20-26)34(37,38)39/h3-18,20,23,31H,19,21-22H2,1-2H3,(H,40,44)/t31-/m0/s1. The minimum absolute atomic E-state index is 0.0300. The van der Waals surface area contributed by atoms with Gasteiger partial charge >= 0.3 is 6.18 Å². The molecule has 0 heterocycles. The van der Waals surface area contributed by atoms with Gasteiger partial charge < -0.3 is 10.2 Å². The van der Waals surface area contributed by atoms with Crippen LogP contribution in [0.25, 0.3) is 0 Å². The Morgan fingerprint density at radius 2 is 1.40 bits per heavy atom. The van der Waals surface area contributed by atoms with Gasteiger partial charge in [-0.15, -0.1) is 0 Å². The third kappa shape index (κ3) is 9.06. The van der Waals surface area contributed by atoms with E-state index in [1.807, 2.05) is 0 Å². The summed E-state index contributed by atoms with van der Waals surface area (Å²) in [6.45, 7) is 2.25. The van der Waals surface area contributed by atoms with Gasteiger partial charge in [0.2, 0.25) is 11.8 Å². The smallest absolute Gasteiger partial charge is 0.352 e. The van der Waals surface area contributed by atoms with Crippen LogP contribution in [0.4, 0.5) is 18.9 Å². The highest BCUT2D eigenvalue weighted by Gasteiger charge is 2.37. The Morgan fingerprint density at radius 1 is 0.830 bits per heavy atom. The number of amides is 2. The molecule has 0 aromatic heterocycles. The van der Waals surface area contributed by atoms with Gasteiger partial charge in [0, 0.05) is 34.6 Å². The second kappa shape index (κ2) is 15.2. The number of anilines is 1. The lowest BCUT2D eigenvalue weighted by Crippen LogP contribution is -2.54. The topological polar surface area (TPSA) is 86.8 Å². The maximum Gasteiger partial charge on any atom is 0.416 e. The van der Waals surface area contributed by atoms with E-state index in [4.69, 9.17) is 23.2 Å². The van der Waals surface area contributed by atoms with Gasteiger partial charge in [-0.05, 0) is 61.9 Å². The first-order valence-corrected chi connectivity index (χ1v) is 16.7. The Hall–Kier alpha value is -4.06. The monoisotopic (exact) mass is 705 g/mol. The molecule has 0 bridgehead atoms. The molecule has 4 rings (SSSR count). The van der Waals surface area contributed by atoms with E-state index in [9.17, 15) is 31.2 Å². The lowest BCUT2D eigenvalue weighted by atomic mass is 10.0. The first kappa shape index (κ1) is 35.8. The molecule has 0 saturated carbocycles. The number of nitrogens with zero attached hydrogens (tertiary/aromatic N) is 2. The fourth-order valence-electron chi connectivity index (χ4n) is 4.87. The molecule has 47 heavy (non-hydrogen) atoms. The van der Waals surface area contributed by atoms with Crippen molar-refractivity contribution in [3.8, 4) is 0 Å². The predicted octanol–water partition coefficient (Wildman–Crippen LogP) is 7.37. The van der Waals surface area contributed by atoms with Crippen molar-refractivity contribution in [2.45, 2.75) is 50.0 Å². The predicted molar refractivity (Wildman–Crippen MR) is 177 cm³/mol. The number of hydrogen-bond acceptors (Lipinski definition) is 4.